The summed E-state index contributed by atoms with van der Waals surface area (Å²) in [6.45, 7) is 13.5. The largest absolute Gasteiger partial charge is 0.464 e. The molecular weight excluding hydrogens is 452 g/mol. The first-order chi connectivity index (χ1) is 17.1. The third-order valence-corrected chi connectivity index (χ3v) is 8.54. The Morgan fingerprint density at radius 2 is 1.83 bits per heavy atom. The third-order valence-electron chi connectivity index (χ3n) is 8.54. The van der Waals surface area contributed by atoms with Gasteiger partial charge in [-0.2, -0.15) is 0 Å². The summed E-state index contributed by atoms with van der Waals surface area (Å²) in [6.07, 6.45) is 8.73. The molecule has 2 aromatic heterocycles. The van der Waals surface area contributed by atoms with Crippen molar-refractivity contribution in [2.24, 2.45) is 5.92 Å². The van der Waals surface area contributed by atoms with Gasteiger partial charge >= 0.3 is 5.63 Å². The standard InChI is InChI=1S/C30H40N2O4/c1-18-21(11-12-26(33)31-16-20-9-8-14-32-13-7-6-10-25(20)32)29(34)36-28-19(2)27-23(15-22(18)28)24(17-35-27)30(3,4)5/h15,17,20,25H,6-14,16H2,1-5H3,(H,31,33)/t20-,25-/m1/s1. The molecule has 6 nitrogen and oxygen atoms in total. The summed E-state index contributed by atoms with van der Waals surface area (Å²) >= 11 is 0. The zero-order chi connectivity index (χ0) is 25.6. The molecule has 1 N–H and O–H groups in total. The van der Waals surface area contributed by atoms with Crippen LogP contribution in [-0.4, -0.2) is 36.5 Å². The Bertz CT molecular complexity index is 1340. The number of fused-ring (bicyclic) bond motifs is 3. The van der Waals surface area contributed by atoms with Crippen LogP contribution in [-0.2, 0) is 16.6 Å². The van der Waals surface area contributed by atoms with E-state index in [0.717, 1.165) is 39.6 Å². The van der Waals surface area contributed by atoms with Crippen LogP contribution in [0.25, 0.3) is 21.9 Å². The normalized spacial score (nSPS) is 21.1. The molecule has 36 heavy (non-hydrogen) atoms. The zero-order valence-electron chi connectivity index (χ0n) is 22.5. The van der Waals surface area contributed by atoms with Gasteiger partial charge in [0.05, 0.1) is 6.26 Å². The second-order valence-electron chi connectivity index (χ2n) is 12.0. The maximum absolute atomic E-state index is 12.9. The average Bonchev–Trinajstić information content (AvgIpc) is 3.28. The van der Waals surface area contributed by atoms with Gasteiger partial charge in [-0.3, -0.25) is 4.79 Å². The van der Waals surface area contributed by atoms with Crippen LogP contribution < -0.4 is 10.9 Å². The second kappa shape index (κ2) is 9.70. The van der Waals surface area contributed by atoms with Crippen LogP contribution in [0.3, 0.4) is 0 Å². The molecule has 1 amide bonds. The number of nitrogens with zero attached hydrogens (tertiary/aromatic N) is 1. The summed E-state index contributed by atoms with van der Waals surface area (Å²) in [6, 6.07) is 2.70. The quantitative estimate of drug-likeness (QED) is 0.458. The number of hydrogen-bond donors (Lipinski definition) is 1. The van der Waals surface area contributed by atoms with Gasteiger partial charge in [-0.15, -0.1) is 0 Å². The van der Waals surface area contributed by atoms with Gasteiger partial charge in [0.25, 0.3) is 0 Å². The molecule has 194 valence electrons. The van der Waals surface area contributed by atoms with E-state index < -0.39 is 0 Å². The molecule has 2 aliphatic heterocycles. The lowest BCUT2D eigenvalue weighted by Gasteiger charge is -2.44. The molecule has 0 bridgehead atoms. The van der Waals surface area contributed by atoms with E-state index in [9.17, 15) is 9.59 Å². The Morgan fingerprint density at radius 3 is 2.61 bits per heavy atom. The van der Waals surface area contributed by atoms with E-state index in [1.807, 2.05) is 20.1 Å². The minimum absolute atomic E-state index is 0.0123. The predicted molar refractivity (Wildman–Crippen MR) is 144 cm³/mol. The fraction of sp³-hybridized carbons (Fsp3) is 0.600. The molecular formula is C30H40N2O4. The highest BCUT2D eigenvalue weighted by molar-refractivity contribution is 6.00. The van der Waals surface area contributed by atoms with Crippen LogP contribution in [0.5, 0.6) is 0 Å². The van der Waals surface area contributed by atoms with Crippen LogP contribution in [0, 0.1) is 19.8 Å². The number of benzene rings is 1. The van der Waals surface area contributed by atoms with Crippen molar-refractivity contribution in [3.05, 3.63) is 45.0 Å². The average molecular weight is 493 g/mol. The number of carbonyl (C=O) groups is 1. The molecule has 2 atom stereocenters. The Morgan fingerprint density at radius 1 is 1.06 bits per heavy atom. The fourth-order valence-electron chi connectivity index (χ4n) is 6.45. The van der Waals surface area contributed by atoms with Gasteiger partial charge in [-0.1, -0.05) is 27.2 Å². The number of hydrogen-bond acceptors (Lipinski definition) is 5. The summed E-state index contributed by atoms with van der Waals surface area (Å²) < 4.78 is 11.7. The van der Waals surface area contributed by atoms with Gasteiger partial charge in [0.15, 0.2) is 0 Å². The van der Waals surface area contributed by atoms with Crippen molar-refractivity contribution >= 4 is 27.8 Å². The molecule has 4 heterocycles. The molecule has 6 heteroatoms. The fourth-order valence-corrected chi connectivity index (χ4v) is 6.45. The summed E-state index contributed by atoms with van der Waals surface area (Å²) in [5.41, 5.74) is 4.37. The number of rotatable bonds is 5. The molecule has 2 saturated heterocycles. The first-order valence-corrected chi connectivity index (χ1v) is 13.6. The van der Waals surface area contributed by atoms with E-state index in [0.29, 0.717) is 35.9 Å². The summed E-state index contributed by atoms with van der Waals surface area (Å²) in [4.78, 5) is 28.4. The van der Waals surface area contributed by atoms with Crippen LogP contribution in [0.15, 0.2) is 26.0 Å². The first kappa shape index (κ1) is 25.1. The number of aryl methyl sites for hydroxylation is 2. The number of furan rings is 1. The highest BCUT2D eigenvalue weighted by Crippen LogP contribution is 2.37. The zero-order valence-corrected chi connectivity index (χ0v) is 22.5. The number of nitrogens with one attached hydrogen (secondary N) is 1. The molecule has 0 aliphatic carbocycles. The SMILES string of the molecule is Cc1c(CCC(=O)NC[C@H]2CCCN3CCCC[C@H]23)c(=O)oc2c(C)c3occ(C(C)(C)C)c3cc12. The molecule has 0 radical (unpaired) electrons. The van der Waals surface area contributed by atoms with Crippen LogP contribution >= 0.6 is 0 Å². The minimum atomic E-state index is -0.358. The van der Waals surface area contributed by atoms with Crippen LogP contribution in [0.2, 0.25) is 0 Å². The topological polar surface area (TPSA) is 75.7 Å². The highest BCUT2D eigenvalue weighted by Gasteiger charge is 2.33. The first-order valence-electron chi connectivity index (χ1n) is 13.6. The molecule has 2 fully saturated rings. The highest BCUT2D eigenvalue weighted by atomic mass is 16.4. The number of piperidine rings is 2. The Kier molecular flexibility index (Phi) is 6.75. The summed E-state index contributed by atoms with van der Waals surface area (Å²) in [5.74, 6) is 0.547. The van der Waals surface area contributed by atoms with Gasteiger partial charge in [-0.25, -0.2) is 4.79 Å². The molecule has 0 spiro atoms. The maximum Gasteiger partial charge on any atom is 0.339 e. The lowest BCUT2D eigenvalue weighted by atomic mass is 9.83. The van der Waals surface area contributed by atoms with E-state index in [4.69, 9.17) is 8.83 Å². The smallest absolute Gasteiger partial charge is 0.339 e. The molecule has 2 aliphatic rings. The van der Waals surface area contributed by atoms with Crippen molar-refractivity contribution in [2.45, 2.75) is 91.0 Å². The van der Waals surface area contributed by atoms with Gasteiger partial charge in [0.2, 0.25) is 5.91 Å². The number of amides is 1. The molecule has 0 saturated carbocycles. The molecule has 0 unspecified atom stereocenters. The number of carbonyl (C=O) groups excluding carboxylic acids is 1. The van der Waals surface area contributed by atoms with Crippen molar-refractivity contribution in [3.63, 3.8) is 0 Å². The van der Waals surface area contributed by atoms with E-state index in [-0.39, 0.29) is 16.9 Å². The molecule has 5 rings (SSSR count). The van der Waals surface area contributed by atoms with Gasteiger partial charge in [-0.05, 0) is 82.0 Å². The summed E-state index contributed by atoms with van der Waals surface area (Å²) in [5, 5.41) is 5.15. The predicted octanol–water partition coefficient (Wildman–Crippen LogP) is 5.77. The second-order valence-corrected chi connectivity index (χ2v) is 12.0. The van der Waals surface area contributed by atoms with E-state index >= 15 is 0 Å². The Hall–Kier alpha value is -2.60. The van der Waals surface area contributed by atoms with Gasteiger partial charge in [0.1, 0.15) is 11.2 Å². The van der Waals surface area contributed by atoms with E-state index in [1.165, 1.54) is 45.2 Å². The van der Waals surface area contributed by atoms with Crippen molar-refractivity contribution in [3.8, 4) is 0 Å². The van der Waals surface area contributed by atoms with E-state index in [1.54, 1.807) is 0 Å². The Balaban J connectivity index is 1.33. The van der Waals surface area contributed by atoms with Gasteiger partial charge in [0, 0.05) is 46.5 Å². The Labute approximate surface area is 213 Å². The van der Waals surface area contributed by atoms with Gasteiger partial charge < -0.3 is 19.1 Å². The lowest BCUT2D eigenvalue weighted by molar-refractivity contribution is -0.121. The maximum atomic E-state index is 12.9. The van der Waals surface area contributed by atoms with Crippen molar-refractivity contribution in [2.75, 3.05) is 19.6 Å². The van der Waals surface area contributed by atoms with Crippen LogP contribution in [0.4, 0.5) is 0 Å². The molecule has 1 aromatic carbocycles. The summed E-state index contributed by atoms with van der Waals surface area (Å²) in [7, 11) is 0. The van der Waals surface area contributed by atoms with Crippen LogP contribution in [0.1, 0.15) is 81.5 Å². The lowest BCUT2D eigenvalue weighted by Crippen LogP contribution is -2.51. The van der Waals surface area contributed by atoms with E-state index in [2.05, 4.69) is 37.1 Å². The minimum Gasteiger partial charge on any atom is -0.464 e. The van der Waals surface area contributed by atoms with Crippen molar-refractivity contribution in [1.29, 1.82) is 0 Å². The van der Waals surface area contributed by atoms with Crippen molar-refractivity contribution in [1.82, 2.24) is 10.2 Å². The monoisotopic (exact) mass is 492 g/mol. The van der Waals surface area contributed by atoms with Crippen molar-refractivity contribution < 1.29 is 13.6 Å². The third kappa shape index (κ3) is 4.60. The molecule has 3 aromatic rings.